The summed E-state index contributed by atoms with van der Waals surface area (Å²) in [6, 6.07) is 6.21. The number of rotatable bonds is 4. The third kappa shape index (κ3) is 2.41. The predicted octanol–water partition coefficient (Wildman–Crippen LogP) is -0.668. The van der Waals surface area contributed by atoms with Crippen LogP contribution in [0.2, 0.25) is 0 Å². The Balaban J connectivity index is 2.46. The van der Waals surface area contributed by atoms with Gasteiger partial charge in [0.25, 0.3) is 0 Å². The number of H-pyrrole nitrogens is 1. The van der Waals surface area contributed by atoms with Crippen molar-refractivity contribution in [3.05, 3.63) is 30.0 Å². The Kier molecular flexibility index (Phi) is 3.72. The number of methoxy groups -OCH3 is 1. The molecule has 19 heavy (non-hydrogen) atoms. The predicted molar refractivity (Wildman–Crippen MR) is 89.6 cm³/mol. The summed E-state index contributed by atoms with van der Waals surface area (Å²) in [4.78, 5) is 5.63. The Bertz CT molecular complexity index is 580. The van der Waals surface area contributed by atoms with Crippen LogP contribution in [0.15, 0.2) is 24.4 Å². The van der Waals surface area contributed by atoms with Gasteiger partial charge in [-0.2, -0.15) is 0 Å². The Morgan fingerprint density at radius 2 is 2.00 bits per heavy atom. The van der Waals surface area contributed by atoms with Crippen LogP contribution in [0.1, 0.15) is 11.4 Å². The molecule has 0 fully saturated rings. The van der Waals surface area contributed by atoms with Gasteiger partial charge in [-0.15, -0.1) is 0 Å². The number of fused-ring (bicyclic) bond motifs is 1. The number of benzene rings is 1. The zero-order valence-corrected chi connectivity index (χ0v) is 12.7. The normalized spacial score (nSPS) is 13.9. The van der Waals surface area contributed by atoms with E-state index in [2.05, 4.69) is 59.8 Å². The topological polar surface area (TPSA) is 28.3 Å². The minimum Gasteiger partial charge on any atom is -0.497 e. The van der Waals surface area contributed by atoms with E-state index in [-0.39, 0.29) is 5.34 Å². The monoisotopic (exact) mass is 254 g/mol. The van der Waals surface area contributed by atoms with Crippen LogP contribution in [-0.4, -0.2) is 60.0 Å². The number of nitrogens with one attached hydrogen (secondary N) is 1. The van der Waals surface area contributed by atoms with Crippen LogP contribution >= 0.6 is 0 Å². The van der Waals surface area contributed by atoms with Crippen LogP contribution in [-0.2, 0) is 0 Å². The van der Waals surface area contributed by atoms with E-state index >= 15 is 0 Å². The molecule has 0 bridgehead atoms. The van der Waals surface area contributed by atoms with Crippen molar-refractivity contribution in [3.63, 3.8) is 0 Å². The average molecular weight is 254 g/mol. The van der Waals surface area contributed by atoms with E-state index in [0.717, 1.165) is 11.3 Å². The fourth-order valence-electron chi connectivity index (χ4n) is 2.38. The quantitative estimate of drug-likeness (QED) is 0.733. The third-order valence-corrected chi connectivity index (χ3v) is 4.60. The van der Waals surface area contributed by atoms with Gasteiger partial charge in [-0.25, -0.2) is 0 Å². The second-order valence-corrected chi connectivity index (χ2v) is 5.93. The maximum Gasteiger partial charge on any atom is 0.120 e. The van der Waals surface area contributed by atoms with Gasteiger partial charge >= 0.3 is 0 Å². The van der Waals surface area contributed by atoms with Crippen molar-refractivity contribution >= 4 is 34.4 Å². The van der Waals surface area contributed by atoms with E-state index in [0.29, 0.717) is 5.82 Å². The third-order valence-electron chi connectivity index (χ3n) is 4.60. The van der Waals surface area contributed by atoms with Crippen molar-refractivity contribution in [2.75, 3.05) is 21.2 Å². The lowest BCUT2D eigenvalue weighted by Crippen LogP contribution is -2.50. The van der Waals surface area contributed by atoms with Crippen LogP contribution in [0.25, 0.3) is 10.9 Å². The van der Waals surface area contributed by atoms with Crippen LogP contribution in [0.3, 0.4) is 0 Å². The van der Waals surface area contributed by atoms with Crippen LogP contribution < -0.4 is 4.74 Å². The number of aromatic amines is 1. The molecule has 0 saturated heterocycles. The summed E-state index contributed by atoms with van der Waals surface area (Å²) in [6.45, 7) is 0. The second-order valence-electron chi connectivity index (χ2n) is 5.93. The Labute approximate surface area is 117 Å². The first-order chi connectivity index (χ1) is 8.87. The average Bonchev–Trinajstić information content (AvgIpc) is 2.79. The summed E-state index contributed by atoms with van der Waals surface area (Å²) in [5, 5.41) is 1.39. The molecule has 0 aliphatic rings. The molecule has 2 rings (SSSR count). The van der Waals surface area contributed by atoms with E-state index in [4.69, 9.17) is 4.74 Å². The van der Waals surface area contributed by atoms with E-state index in [9.17, 15) is 0 Å². The minimum absolute atomic E-state index is 0.106. The fraction of sp³-hybridized carbons (Fsp3) is 0.385. The van der Waals surface area contributed by atoms with E-state index < -0.39 is 0 Å². The molecule has 1 aromatic heterocycles. The number of hydrogen-bond acceptors (Lipinski definition) is 2. The first-order valence-electron chi connectivity index (χ1n) is 6.70. The Hall–Kier alpha value is -1.29. The largest absolute Gasteiger partial charge is 0.497 e. The molecule has 2 aromatic rings. The maximum absolute atomic E-state index is 5.27. The van der Waals surface area contributed by atoms with Gasteiger partial charge in [-0.3, -0.25) is 0 Å². The van der Waals surface area contributed by atoms with Gasteiger partial charge in [-0.05, 0) is 42.9 Å². The number of aromatic nitrogens is 1. The summed E-state index contributed by atoms with van der Waals surface area (Å²) < 4.78 is 5.27. The van der Waals surface area contributed by atoms with Gasteiger partial charge in [0.05, 0.1) is 7.11 Å². The summed E-state index contributed by atoms with van der Waals surface area (Å²) in [7, 11) is 12.8. The Morgan fingerprint density at radius 1 is 1.32 bits per heavy atom. The SMILES string of the molecule is BC(c1c[nH]c2cc(OC)ccc12)C(B)(B)N(C)C. The number of ether oxygens (including phenoxy) is 1. The molecule has 0 amide bonds. The van der Waals surface area contributed by atoms with Crippen molar-refractivity contribution in [2.45, 2.75) is 11.2 Å². The van der Waals surface area contributed by atoms with Crippen LogP contribution in [0, 0.1) is 0 Å². The van der Waals surface area contributed by atoms with Gasteiger partial charge in [-0.1, -0.05) is 0 Å². The molecular weight excluding hydrogens is 233 g/mol. The number of likely N-dealkylation sites (N-methyl/N-ethyl adjacent to an activating group) is 1. The highest BCUT2D eigenvalue weighted by molar-refractivity contribution is 6.44. The first-order valence-corrected chi connectivity index (χ1v) is 6.70. The molecule has 0 aliphatic heterocycles. The molecule has 0 aliphatic carbocycles. The van der Waals surface area contributed by atoms with Crippen molar-refractivity contribution in [1.82, 2.24) is 9.88 Å². The molecule has 1 atom stereocenters. The molecule has 6 heteroatoms. The van der Waals surface area contributed by atoms with Gasteiger partial charge in [0.2, 0.25) is 0 Å². The van der Waals surface area contributed by atoms with Crippen molar-refractivity contribution < 1.29 is 4.74 Å². The summed E-state index contributed by atoms with van der Waals surface area (Å²) in [5.41, 5.74) is 2.49. The molecule has 3 nitrogen and oxygen atoms in total. The van der Waals surface area contributed by atoms with Gasteiger partial charge in [0.15, 0.2) is 0 Å². The molecule has 1 N–H and O–H groups in total. The summed E-state index contributed by atoms with van der Waals surface area (Å²) in [6.07, 6.45) is 2.13. The maximum atomic E-state index is 5.27. The number of nitrogens with zero attached hydrogens (tertiary/aromatic N) is 1. The first kappa shape index (κ1) is 14.1. The van der Waals surface area contributed by atoms with Gasteiger partial charge in [0.1, 0.15) is 29.3 Å². The zero-order chi connectivity index (χ0) is 14.2. The molecule has 0 saturated carbocycles. The lowest BCUT2D eigenvalue weighted by Gasteiger charge is -2.39. The Morgan fingerprint density at radius 3 is 2.58 bits per heavy atom. The van der Waals surface area contributed by atoms with Crippen LogP contribution in [0.4, 0.5) is 0 Å². The highest BCUT2D eigenvalue weighted by Crippen LogP contribution is 2.32. The highest BCUT2D eigenvalue weighted by Gasteiger charge is 2.30. The van der Waals surface area contributed by atoms with Crippen molar-refractivity contribution in [2.24, 2.45) is 0 Å². The van der Waals surface area contributed by atoms with Crippen molar-refractivity contribution in [1.29, 1.82) is 0 Å². The van der Waals surface area contributed by atoms with Gasteiger partial charge < -0.3 is 14.6 Å². The molecule has 98 valence electrons. The standard InChI is InChI=1S/C13H21B3N2O/c1-18(2)13(15,16)12(14)10-7-17-11-6-8(19-3)4-5-9(10)11/h4-7,12,17H,14-16H2,1-3H3. The van der Waals surface area contributed by atoms with Crippen molar-refractivity contribution in [3.8, 4) is 5.75 Å². The lowest BCUT2D eigenvalue weighted by molar-refractivity contribution is 0.327. The van der Waals surface area contributed by atoms with E-state index in [1.165, 1.54) is 10.9 Å². The smallest absolute Gasteiger partial charge is 0.120 e. The molecule has 1 unspecified atom stereocenters. The van der Waals surface area contributed by atoms with E-state index in [1.807, 2.05) is 12.1 Å². The highest BCUT2D eigenvalue weighted by atomic mass is 16.5. The van der Waals surface area contributed by atoms with Gasteiger partial charge in [0, 0.05) is 23.2 Å². The molecule has 1 aromatic carbocycles. The second kappa shape index (κ2) is 5.01. The molecule has 0 spiro atoms. The summed E-state index contributed by atoms with van der Waals surface area (Å²) >= 11 is 0. The molecule has 1 heterocycles. The molecular formula is C13H21B3N2O. The zero-order valence-electron chi connectivity index (χ0n) is 12.7. The summed E-state index contributed by atoms with van der Waals surface area (Å²) in [5.74, 6) is 1.32. The number of hydrogen-bond donors (Lipinski definition) is 1. The minimum atomic E-state index is 0.106. The molecule has 0 radical (unpaired) electrons. The van der Waals surface area contributed by atoms with Crippen LogP contribution in [0.5, 0.6) is 5.75 Å². The van der Waals surface area contributed by atoms with E-state index in [1.54, 1.807) is 7.11 Å². The lowest BCUT2D eigenvalue weighted by atomic mass is 9.47. The fourth-order valence-corrected chi connectivity index (χ4v) is 2.38.